The summed E-state index contributed by atoms with van der Waals surface area (Å²) < 4.78 is 44.4. The van der Waals surface area contributed by atoms with Crippen molar-refractivity contribution >= 4 is 17.9 Å². The molecule has 1 fully saturated rings. The van der Waals surface area contributed by atoms with Crippen LogP contribution >= 0.6 is 0 Å². The van der Waals surface area contributed by atoms with Gasteiger partial charge in [-0.3, -0.25) is 14.5 Å². The summed E-state index contributed by atoms with van der Waals surface area (Å²) in [5.41, 5.74) is 2.45. The molecule has 0 radical (unpaired) electrons. The van der Waals surface area contributed by atoms with E-state index in [1.54, 1.807) is 18.3 Å². The molecule has 2 heterocycles. The summed E-state index contributed by atoms with van der Waals surface area (Å²) in [4.78, 5) is 38.3. The van der Waals surface area contributed by atoms with Gasteiger partial charge in [-0.25, -0.2) is 4.98 Å². The molecule has 0 N–H and O–H groups in total. The first kappa shape index (κ1) is 33.4. The predicted octanol–water partition coefficient (Wildman–Crippen LogP) is 6.11. The van der Waals surface area contributed by atoms with Gasteiger partial charge in [0.25, 0.3) is 0 Å². The van der Waals surface area contributed by atoms with Crippen LogP contribution in [0.25, 0.3) is 6.08 Å². The maximum atomic E-state index is 14.4. The van der Waals surface area contributed by atoms with Crippen LogP contribution in [-0.2, 0) is 35.3 Å². The van der Waals surface area contributed by atoms with Crippen molar-refractivity contribution in [3.05, 3.63) is 137 Å². The first-order valence-corrected chi connectivity index (χ1v) is 15.4. The highest BCUT2D eigenvalue weighted by molar-refractivity contribution is 5.95. The highest BCUT2D eigenvalue weighted by Gasteiger charge is 2.34. The van der Waals surface area contributed by atoms with E-state index < -0.39 is 23.7 Å². The Labute approximate surface area is 272 Å². The average Bonchev–Trinajstić information content (AvgIpc) is 3.10. The number of hydrogen-bond donors (Lipinski definition) is 0. The number of piperazine rings is 1. The summed E-state index contributed by atoms with van der Waals surface area (Å²) in [5.74, 6) is -0.192. The fraction of sp³-hybridized carbons (Fsp3) is 0.270. The van der Waals surface area contributed by atoms with Gasteiger partial charge in [0, 0.05) is 64.0 Å². The summed E-state index contributed by atoms with van der Waals surface area (Å²) in [5, 5.41) is 0. The van der Waals surface area contributed by atoms with Gasteiger partial charge in [-0.05, 0) is 40.5 Å². The molecule has 1 aliphatic heterocycles. The van der Waals surface area contributed by atoms with E-state index in [1.165, 1.54) is 41.9 Å². The molecule has 10 heteroatoms. The third-order valence-corrected chi connectivity index (χ3v) is 8.17. The van der Waals surface area contributed by atoms with E-state index in [0.29, 0.717) is 43.2 Å². The van der Waals surface area contributed by atoms with Gasteiger partial charge in [-0.15, -0.1) is 0 Å². The number of carbonyl (C=O) groups excluding carboxylic acids is 2. The molecule has 5 rings (SSSR count). The minimum Gasteiger partial charge on any atom is -0.481 e. The Morgan fingerprint density at radius 2 is 1.49 bits per heavy atom. The second kappa shape index (κ2) is 15.6. The van der Waals surface area contributed by atoms with E-state index in [4.69, 9.17) is 4.74 Å². The van der Waals surface area contributed by atoms with Gasteiger partial charge in [0.2, 0.25) is 17.7 Å². The van der Waals surface area contributed by atoms with Crippen LogP contribution < -0.4 is 4.74 Å². The number of pyridine rings is 1. The maximum absolute atomic E-state index is 14.4. The van der Waals surface area contributed by atoms with Crippen LogP contribution in [0, 0.1) is 0 Å². The van der Waals surface area contributed by atoms with Crippen LogP contribution in [-0.4, -0.2) is 70.8 Å². The zero-order valence-corrected chi connectivity index (χ0v) is 26.1. The third kappa shape index (κ3) is 9.29. The van der Waals surface area contributed by atoms with Gasteiger partial charge in [-0.2, -0.15) is 13.2 Å². The minimum atomic E-state index is -4.46. The number of rotatable bonds is 11. The van der Waals surface area contributed by atoms with Crippen molar-refractivity contribution in [2.24, 2.45) is 0 Å². The highest BCUT2D eigenvalue weighted by Crippen LogP contribution is 2.29. The molecule has 1 atom stereocenters. The monoisotopic (exact) mass is 642 g/mol. The van der Waals surface area contributed by atoms with Crippen molar-refractivity contribution in [1.29, 1.82) is 0 Å². The topological polar surface area (TPSA) is 66.0 Å². The first-order valence-electron chi connectivity index (χ1n) is 15.4. The number of ether oxygens (including phenoxy) is 1. The molecule has 0 saturated carbocycles. The zero-order chi connectivity index (χ0) is 33.2. The number of amides is 2. The zero-order valence-electron chi connectivity index (χ0n) is 26.1. The number of carbonyl (C=O) groups is 2. The Balaban J connectivity index is 1.41. The average molecular weight is 643 g/mol. The van der Waals surface area contributed by atoms with Crippen molar-refractivity contribution in [2.45, 2.75) is 31.7 Å². The molecular formula is C37H37F3N4O3. The second-order valence-corrected chi connectivity index (χ2v) is 11.4. The number of aromatic nitrogens is 1. The fourth-order valence-electron chi connectivity index (χ4n) is 5.56. The van der Waals surface area contributed by atoms with Crippen LogP contribution in [0.5, 0.6) is 5.88 Å². The standard InChI is InChI=1S/C37H37F3N4O3/c1-47-34-18-14-31(25-41-34)27-44(35(45)19-15-28-12-16-32(17-13-28)37(38,39)40)33(24-29-8-4-2-5-9-29)36(46)43-22-20-42(21-23-43)26-30-10-6-3-7-11-30/h2-19,25,33H,20-24,26-27H2,1H3/t33-/m0/s1. The van der Waals surface area contributed by atoms with E-state index in [-0.39, 0.29) is 18.9 Å². The lowest BCUT2D eigenvalue weighted by molar-refractivity contribution is -0.145. The van der Waals surface area contributed by atoms with Crippen molar-refractivity contribution in [1.82, 2.24) is 19.7 Å². The highest BCUT2D eigenvalue weighted by atomic mass is 19.4. The number of alkyl halides is 3. The third-order valence-electron chi connectivity index (χ3n) is 8.17. The van der Waals surface area contributed by atoms with Gasteiger partial charge >= 0.3 is 6.18 Å². The van der Waals surface area contributed by atoms with Gasteiger partial charge in [-0.1, -0.05) is 78.9 Å². The van der Waals surface area contributed by atoms with Gasteiger partial charge in [0.05, 0.1) is 12.7 Å². The molecule has 47 heavy (non-hydrogen) atoms. The number of hydrogen-bond acceptors (Lipinski definition) is 5. The lowest BCUT2D eigenvalue weighted by atomic mass is 10.0. The van der Waals surface area contributed by atoms with Crippen LogP contribution in [0.1, 0.15) is 27.8 Å². The molecule has 0 unspecified atom stereocenters. The lowest BCUT2D eigenvalue weighted by Gasteiger charge is -2.39. The molecule has 3 aromatic carbocycles. The summed E-state index contributed by atoms with van der Waals surface area (Å²) in [7, 11) is 1.51. The predicted molar refractivity (Wildman–Crippen MR) is 174 cm³/mol. The molecule has 2 amide bonds. The number of benzene rings is 3. The Morgan fingerprint density at radius 1 is 0.851 bits per heavy atom. The molecule has 0 spiro atoms. The van der Waals surface area contributed by atoms with E-state index in [1.807, 2.05) is 53.4 Å². The Bertz CT molecular complexity index is 1620. The van der Waals surface area contributed by atoms with Gasteiger partial charge in [0.1, 0.15) is 6.04 Å². The Hall–Kier alpha value is -4.96. The number of nitrogens with zero attached hydrogens (tertiary/aromatic N) is 4. The second-order valence-electron chi connectivity index (χ2n) is 11.4. The fourth-order valence-corrected chi connectivity index (χ4v) is 5.56. The maximum Gasteiger partial charge on any atom is 0.416 e. The molecule has 1 saturated heterocycles. The molecule has 1 aromatic heterocycles. The van der Waals surface area contributed by atoms with E-state index in [9.17, 15) is 22.8 Å². The van der Waals surface area contributed by atoms with E-state index >= 15 is 0 Å². The van der Waals surface area contributed by atoms with Crippen molar-refractivity contribution < 1.29 is 27.5 Å². The summed E-state index contributed by atoms with van der Waals surface area (Å²) in [6.45, 7) is 3.31. The van der Waals surface area contributed by atoms with Crippen LogP contribution in [0.2, 0.25) is 0 Å². The lowest BCUT2D eigenvalue weighted by Crippen LogP contribution is -2.56. The molecular weight excluding hydrogens is 605 g/mol. The largest absolute Gasteiger partial charge is 0.481 e. The molecule has 4 aromatic rings. The molecule has 0 aliphatic carbocycles. The molecule has 244 valence electrons. The van der Waals surface area contributed by atoms with Crippen LogP contribution in [0.4, 0.5) is 13.2 Å². The normalized spacial score (nSPS) is 14.6. The quantitative estimate of drug-likeness (QED) is 0.185. The molecule has 7 nitrogen and oxygen atoms in total. The minimum absolute atomic E-state index is 0.0877. The van der Waals surface area contributed by atoms with Crippen molar-refractivity contribution in [3.8, 4) is 5.88 Å². The summed E-state index contributed by atoms with van der Waals surface area (Å²) in [6.07, 6.45) is 0.203. The first-order chi connectivity index (χ1) is 22.7. The van der Waals surface area contributed by atoms with Gasteiger partial charge in [0.15, 0.2) is 0 Å². The number of methoxy groups -OCH3 is 1. The molecule has 1 aliphatic rings. The van der Waals surface area contributed by atoms with Crippen LogP contribution in [0.3, 0.4) is 0 Å². The smallest absolute Gasteiger partial charge is 0.416 e. The Morgan fingerprint density at radius 3 is 2.06 bits per heavy atom. The summed E-state index contributed by atoms with van der Waals surface area (Å²) in [6, 6.07) is 26.9. The molecule has 0 bridgehead atoms. The SMILES string of the molecule is COc1ccc(CN(C(=O)C=Cc2ccc(C(F)(F)F)cc2)[C@@H](Cc2ccccc2)C(=O)N2CCN(Cc3ccccc3)CC2)cn1. The van der Waals surface area contributed by atoms with Gasteiger partial charge < -0.3 is 14.5 Å². The van der Waals surface area contributed by atoms with E-state index in [0.717, 1.165) is 24.2 Å². The summed E-state index contributed by atoms with van der Waals surface area (Å²) >= 11 is 0. The number of halogens is 3. The Kier molecular flexibility index (Phi) is 11.1. The van der Waals surface area contributed by atoms with Crippen LogP contribution in [0.15, 0.2) is 109 Å². The van der Waals surface area contributed by atoms with E-state index in [2.05, 4.69) is 22.0 Å². The van der Waals surface area contributed by atoms with Crippen molar-refractivity contribution in [2.75, 3.05) is 33.3 Å². The van der Waals surface area contributed by atoms with Crippen molar-refractivity contribution in [3.63, 3.8) is 0 Å².